The van der Waals surface area contributed by atoms with Gasteiger partial charge in [-0.1, -0.05) is 12.1 Å². The van der Waals surface area contributed by atoms with Crippen molar-refractivity contribution in [1.82, 2.24) is 4.90 Å². The number of rotatable bonds is 1. The third-order valence-electron chi connectivity index (χ3n) is 5.30. The Bertz CT molecular complexity index is 470. The Kier molecular flexibility index (Phi) is 2.41. The van der Waals surface area contributed by atoms with E-state index in [1.54, 1.807) is 0 Å². The van der Waals surface area contributed by atoms with Gasteiger partial charge in [-0.3, -0.25) is 4.90 Å². The lowest BCUT2D eigenvalue weighted by molar-refractivity contribution is 0.134. The molecule has 0 radical (unpaired) electrons. The van der Waals surface area contributed by atoms with Crippen LogP contribution in [0.5, 0.6) is 5.75 Å². The topological polar surface area (TPSA) is 23.5 Å². The maximum absolute atomic E-state index is 10.0. The van der Waals surface area contributed by atoms with Crippen molar-refractivity contribution >= 4 is 0 Å². The molecule has 3 atom stereocenters. The van der Waals surface area contributed by atoms with E-state index in [1.165, 1.54) is 49.8 Å². The van der Waals surface area contributed by atoms with Crippen molar-refractivity contribution in [3.8, 4) is 5.75 Å². The van der Waals surface area contributed by atoms with E-state index >= 15 is 0 Å². The number of piperidine rings is 1. The molecule has 1 saturated carbocycles. The summed E-state index contributed by atoms with van der Waals surface area (Å²) in [5.41, 5.74) is 2.63. The van der Waals surface area contributed by atoms with Crippen molar-refractivity contribution < 1.29 is 5.11 Å². The summed E-state index contributed by atoms with van der Waals surface area (Å²) in [4.78, 5) is 2.74. The molecule has 1 aliphatic heterocycles. The van der Waals surface area contributed by atoms with E-state index in [-0.39, 0.29) is 0 Å². The van der Waals surface area contributed by atoms with Gasteiger partial charge >= 0.3 is 0 Å². The number of aromatic hydroxyl groups is 1. The van der Waals surface area contributed by atoms with E-state index in [0.717, 1.165) is 18.4 Å². The lowest BCUT2D eigenvalue weighted by atomic mass is 9.85. The highest BCUT2D eigenvalue weighted by Gasteiger charge is 2.42. The molecule has 2 nitrogen and oxygen atoms in total. The Labute approximate surface area is 109 Å². The van der Waals surface area contributed by atoms with E-state index in [0.29, 0.717) is 11.8 Å². The molecule has 2 aliphatic carbocycles. The number of phenolic OH excluding ortho intramolecular Hbond substituents is 1. The second-order valence-electron chi connectivity index (χ2n) is 6.28. The first-order valence-electron chi connectivity index (χ1n) is 7.39. The van der Waals surface area contributed by atoms with Crippen LogP contribution in [0.1, 0.15) is 49.3 Å². The van der Waals surface area contributed by atoms with Gasteiger partial charge in [0.2, 0.25) is 0 Å². The van der Waals surface area contributed by atoms with Gasteiger partial charge in [0.1, 0.15) is 5.75 Å². The Morgan fingerprint density at radius 1 is 1.17 bits per heavy atom. The average molecular weight is 243 g/mol. The summed E-state index contributed by atoms with van der Waals surface area (Å²) in [5, 5.41) is 10.0. The van der Waals surface area contributed by atoms with E-state index in [2.05, 4.69) is 11.0 Å². The lowest BCUT2D eigenvalue weighted by Crippen LogP contribution is -2.37. The predicted molar refractivity (Wildman–Crippen MR) is 71.6 cm³/mol. The number of hydrogen-bond acceptors (Lipinski definition) is 2. The highest BCUT2D eigenvalue weighted by Crippen LogP contribution is 2.46. The summed E-state index contributed by atoms with van der Waals surface area (Å²) in [6.07, 6.45) is 7.82. The van der Waals surface area contributed by atoms with E-state index in [1.807, 2.05) is 12.1 Å². The predicted octanol–water partition coefficient (Wildman–Crippen LogP) is 3.25. The van der Waals surface area contributed by atoms with Gasteiger partial charge in [-0.25, -0.2) is 0 Å². The van der Waals surface area contributed by atoms with Crippen molar-refractivity contribution in [1.29, 1.82) is 0 Å². The second-order valence-corrected chi connectivity index (χ2v) is 6.28. The third-order valence-corrected chi connectivity index (χ3v) is 5.30. The fraction of sp³-hybridized carbons (Fsp3) is 0.625. The maximum atomic E-state index is 10.0. The summed E-state index contributed by atoms with van der Waals surface area (Å²) in [6, 6.07) is 7.51. The molecule has 1 N–H and O–H groups in total. The molecule has 3 aliphatic rings. The largest absolute Gasteiger partial charge is 0.508 e. The van der Waals surface area contributed by atoms with Crippen molar-refractivity contribution in [2.24, 2.45) is 5.92 Å². The van der Waals surface area contributed by atoms with Crippen LogP contribution >= 0.6 is 0 Å². The maximum Gasteiger partial charge on any atom is 0.119 e. The molecule has 18 heavy (non-hydrogen) atoms. The molecule has 1 heterocycles. The zero-order chi connectivity index (χ0) is 12.1. The Hall–Kier alpha value is -1.02. The number of fused-ring (bicyclic) bond motifs is 3. The van der Waals surface area contributed by atoms with E-state index in [9.17, 15) is 5.11 Å². The van der Waals surface area contributed by atoms with Gasteiger partial charge in [-0.05, 0) is 61.6 Å². The van der Waals surface area contributed by atoms with Crippen molar-refractivity contribution in [3.63, 3.8) is 0 Å². The van der Waals surface area contributed by atoms with Gasteiger partial charge in [0, 0.05) is 18.6 Å². The average Bonchev–Trinajstić information content (AvgIpc) is 3.01. The minimum Gasteiger partial charge on any atom is -0.508 e. The zero-order valence-corrected chi connectivity index (χ0v) is 10.8. The summed E-state index contributed by atoms with van der Waals surface area (Å²) in [7, 11) is 0. The third kappa shape index (κ3) is 1.51. The molecule has 2 heteroatoms. The number of likely N-dealkylation sites (tertiary alicyclic amines) is 1. The standard InChI is InChI=1S/C16H21NO/c18-16-6-2-3-13-14(16)4-1-5-15(13)17-10-11-7-8-12(17)9-11/h2-3,6,11-12,15,18H,1,4-5,7-10H2. The molecule has 1 saturated heterocycles. The van der Waals surface area contributed by atoms with Gasteiger partial charge in [-0.15, -0.1) is 0 Å². The zero-order valence-electron chi connectivity index (χ0n) is 10.8. The first-order valence-corrected chi connectivity index (χ1v) is 7.39. The molecule has 2 bridgehead atoms. The van der Waals surface area contributed by atoms with Crippen LogP contribution < -0.4 is 0 Å². The fourth-order valence-corrected chi connectivity index (χ4v) is 4.49. The van der Waals surface area contributed by atoms with Gasteiger partial charge in [0.15, 0.2) is 0 Å². The van der Waals surface area contributed by atoms with Crippen molar-refractivity contribution in [2.45, 2.75) is 50.6 Å². The molecule has 96 valence electrons. The van der Waals surface area contributed by atoms with Crippen LogP contribution in [-0.2, 0) is 6.42 Å². The summed E-state index contributed by atoms with van der Waals surface area (Å²) in [6.45, 7) is 1.30. The number of benzene rings is 1. The van der Waals surface area contributed by atoms with Gasteiger partial charge in [0.25, 0.3) is 0 Å². The molecule has 0 spiro atoms. The first kappa shape index (κ1) is 10.9. The Morgan fingerprint density at radius 3 is 2.89 bits per heavy atom. The van der Waals surface area contributed by atoms with Crippen LogP contribution in [0.4, 0.5) is 0 Å². The summed E-state index contributed by atoms with van der Waals surface area (Å²) < 4.78 is 0. The number of nitrogens with zero attached hydrogens (tertiary/aromatic N) is 1. The highest BCUT2D eigenvalue weighted by molar-refractivity contribution is 5.42. The van der Waals surface area contributed by atoms with Crippen LogP contribution in [0.2, 0.25) is 0 Å². The fourth-order valence-electron chi connectivity index (χ4n) is 4.49. The minimum atomic E-state index is 0.515. The smallest absolute Gasteiger partial charge is 0.119 e. The van der Waals surface area contributed by atoms with Crippen LogP contribution in [0.3, 0.4) is 0 Å². The first-order chi connectivity index (χ1) is 8.83. The molecular weight excluding hydrogens is 222 g/mol. The molecule has 0 aromatic heterocycles. The summed E-state index contributed by atoms with van der Waals surface area (Å²) in [5.74, 6) is 1.47. The normalized spacial score (nSPS) is 34.8. The molecule has 4 rings (SSSR count). The van der Waals surface area contributed by atoms with Crippen LogP contribution in [0.25, 0.3) is 0 Å². The molecule has 2 fully saturated rings. The SMILES string of the molecule is Oc1cccc2c1CCCC2N1CC2CCC1C2. The Morgan fingerprint density at radius 2 is 2.11 bits per heavy atom. The molecular formula is C16H21NO. The number of phenols is 1. The molecule has 0 amide bonds. The monoisotopic (exact) mass is 243 g/mol. The number of hydrogen-bond donors (Lipinski definition) is 1. The van der Waals surface area contributed by atoms with Gasteiger partial charge in [0.05, 0.1) is 0 Å². The second kappa shape index (κ2) is 3.99. The molecule has 1 aromatic carbocycles. The van der Waals surface area contributed by atoms with Crippen LogP contribution in [0.15, 0.2) is 18.2 Å². The lowest BCUT2D eigenvalue weighted by Gasteiger charge is -2.38. The summed E-state index contributed by atoms with van der Waals surface area (Å²) >= 11 is 0. The van der Waals surface area contributed by atoms with Crippen molar-refractivity contribution in [3.05, 3.63) is 29.3 Å². The quantitative estimate of drug-likeness (QED) is 0.818. The van der Waals surface area contributed by atoms with Crippen molar-refractivity contribution in [2.75, 3.05) is 6.54 Å². The Balaban J connectivity index is 1.70. The van der Waals surface area contributed by atoms with Gasteiger partial charge in [-0.2, -0.15) is 0 Å². The van der Waals surface area contributed by atoms with Crippen LogP contribution in [-0.4, -0.2) is 22.6 Å². The molecule has 1 aromatic rings. The van der Waals surface area contributed by atoms with Gasteiger partial charge < -0.3 is 5.11 Å². The van der Waals surface area contributed by atoms with E-state index in [4.69, 9.17) is 0 Å². The minimum absolute atomic E-state index is 0.515. The van der Waals surface area contributed by atoms with E-state index < -0.39 is 0 Å². The molecule has 3 unspecified atom stereocenters. The highest BCUT2D eigenvalue weighted by atomic mass is 16.3. The van der Waals surface area contributed by atoms with Crippen LogP contribution in [0, 0.1) is 5.92 Å².